The third kappa shape index (κ3) is 6.83. The highest BCUT2D eigenvalue weighted by Gasteiger charge is 2.61. The van der Waals surface area contributed by atoms with Crippen molar-refractivity contribution in [1.82, 2.24) is 0 Å². The van der Waals surface area contributed by atoms with Crippen LogP contribution < -0.4 is 0 Å². The van der Waals surface area contributed by atoms with Gasteiger partial charge in [-0.25, -0.2) is 0 Å². The molecule has 55 heavy (non-hydrogen) atoms. The fraction of sp³-hybridized carbons (Fsp3) is 0.791. The maximum Gasteiger partial charge on any atom is 0.534 e. The second-order valence-electron chi connectivity index (χ2n) is 19.1. The summed E-state index contributed by atoms with van der Waals surface area (Å²) in [6.45, 7) is 11.7. The third-order valence-electron chi connectivity index (χ3n) is 16.5. The van der Waals surface area contributed by atoms with E-state index in [-0.39, 0.29) is 58.0 Å². The Morgan fingerprint density at radius 1 is 0.655 bits per heavy atom. The Hall–Kier alpha value is -2.63. The number of alkyl halides is 3. The van der Waals surface area contributed by atoms with Crippen LogP contribution in [0.3, 0.4) is 0 Å². The summed E-state index contributed by atoms with van der Waals surface area (Å²) >= 11 is 0. The highest BCUT2D eigenvalue weighted by atomic mass is 32.2. The first-order valence-electron chi connectivity index (χ1n) is 20.6. The first kappa shape index (κ1) is 40.6. The van der Waals surface area contributed by atoms with E-state index in [0.717, 1.165) is 77.0 Å². The summed E-state index contributed by atoms with van der Waals surface area (Å²) in [5.74, 6) is 2.69. The summed E-state index contributed by atoms with van der Waals surface area (Å²) < 4.78 is 77.4. The Labute approximate surface area is 324 Å². The maximum absolute atomic E-state index is 12.9. The summed E-state index contributed by atoms with van der Waals surface area (Å²) in [5.41, 5.74) is -3.12. The van der Waals surface area contributed by atoms with Crippen molar-refractivity contribution >= 4 is 27.8 Å². The van der Waals surface area contributed by atoms with Crippen molar-refractivity contribution in [2.45, 2.75) is 156 Å². The molecule has 0 spiro atoms. The number of carbonyl (C=O) groups excluding carboxylic acids is 3. The number of carbonyl (C=O) groups is 3. The molecule has 12 heteroatoms. The van der Waals surface area contributed by atoms with E-state index >= 15 is 0 Å². The van der Waals surface area contributed by atoms with Gasteiger partial charge in [-0.15, -0.1) is 0 Å². The molecular weight excluding hydrogens is 734 g/mol. The van der Waals surface area contributed by atoms with E-state index < -0.39 is 21.0 Å². The van der Waals surface area contributed by atoms with E-state index in [1.807, 2.05) is 6.92 Å². The first-order valence-corrected chi connectivity index (χ1v) is 22.0. The molecule has 12 atom stereocenters. The summed E-state index contributed by atoms with van der Waals surface area (Å²) in [4.78, 5) is 35.1. The second kappa shape index (κ2) is 14.0. The molecule has 8 rings (SSSR count). The Morgan fingerprint density at radius 2 is 1.11 bits per heavy atom. The number of allylic oxidation sites excluding steroid dienone is 4. The Balaban J connectivity index is 0.000000174. The van der Waals surface area contributed by atoms with E-state index in [2.05, 4.69) is 37.1 Å². The summed E-state index contributed by atoms with van der Waals surface area (Å²) in [6.07, 6.45) is 19.7. The van der Waals surface area contributed by atoms with Gasteiger partial charge in [-0.05, 0) is 129 Å². The van der Waals surface area contributed by atoms with Crippen LogP contribution in [-0.4, -0.2) is 43.9 Å². The SMILES string of the molecule is CC(=O)O[C@H]1CC[C@@]2(C)C(=CCC3C2CC[C@]2(C)C(=O)CCC32)C1.CC(=O)O[C@H]1CC[C@@]2(C)C(=CCC3C2CC[C@]2(C)C(OS(=O)(=O)C(F)(F)F)=CCC32)C1. The molecular formula is C43H59F3O8S. The fourth-order valence-electron chi connectivity index (χ4n) is 13.5. The zero-order chi connectivity index (χ0) is 39.9. The summed E-state index contributed by atoms with van der Waals surface area (Å²) in [5, 5.41) is 0. The molecule has 0 N–H and O–H groups in total. The molecule has 0 heterocycles. The second-order valence-corrected chi connectivity index (χ2v) is 20.7. The Morgan fingerprint density at radius 3 is 1.60 bits per heavy atom. The molecule has 6 unspecified atom stereocenters. The minimum Gasteiger partial charge on any atom is -0.462 e. The van der Waals surface area contributed by atoms with Gasteiger partial charge < -0.3 is 13.7 Å². The molecule has 8 aliphatic carbocycles. The monoisotopic (exact) mass is 792 g/mol. The molecule has 306 valence electrons. The van der Waals surface area contributed by atoms with Crippen LogP contribution in [0.5, 0.6) is 0 Å². The zero-order valence-electron chi connectivity index (χ0n) is 33.3. The quantitative estimate of drug-likeness (QED) is 0.120. The molecule has 8 aliphatic rings. The van der Waals surface area contributed by atoms with Crippen LogP contribution in [0.1, 0.15) is 138 Å². The fourth-order valence-corrected chi connectivity index (χ4v) is 14.1. The van der Waals surface area contributed by atoms with Crippen LogP contribution in [-0.2, 0) is 38.2 Å². The third-order valence-corrected chi connectivity index (χ3v) is 17.5. The van der Waals surface area contributed by atoms with Crippen LogP contribution in [0.15, 0.2) is 35.1 Å². The predicted molar refractivity (Wildman–Crippen MR) is 199 cm³/mol. The lowest BCUT2D eigenvalue weighted by molar-refractivity contribution is -0.149. The number of fused-ring (bicyclic) bond motifs is 10. The average molecular weight is 793 g/mol. The van der Waals surface area contributed by atoms with Crippen molar-refractivity contribution in [3.8, 4) is 0 Å². The Bertz CT molecular complexity index is 1800. The number of ketones is 1. The normalized spacial score (nSPS) is 43.2. The highest BCUT2D eigenvalue weighted by Crippen LogP contribution is 2.66. The molecule has 0 aromatic carbocycles. The van der Waals surface area contributed by atoms with E-state index in [1.165, 1.54) is 31.4 Å². The maximum atomic E-state index is 12.9. The lowest BCUT2D eigenvalue weighted by atomic mass is 9.48. The minimum absolute atomic E-state index is 0.0252. The van der Waals surface area contributed by atoms with E-state index in [0.29, 0.717) is 42.3 Å². The Kier molecular flexibility index (Phi) is 10.3. The largest absolute Gasteiger partial charge is 0.534 e. The van der Waals surface area contributed by atoms with Gasteiger partial charge >= 0.3 is 27.6 Å². The van der Waals surface area contributed by atoms with Crippen molar-refractivity contribution in [3.63, 3.8) is 0 Å². The van der Waals surface area contributed by atoms with Crippen molar-refractivity contribution in [3.05, 3.63) is 35.1 Å². The van der Waals surface area contributed by atoms with Gasteiger partial charge in [-0.2, -0.15) is 21.6 Å². The topological polar surface area (TPSA) is 113 Å². The minimum atomic E-state index is -5.67. The molecule has 0 radical (unpaired) electrons. The molecule has 0 bridgehead atoms. The van der Waals surface area contributed by atoms with Crippen LogP contribution in [0.4, 0.5) is 13.2 Å². The smallest absolute Gasteiger partial charge is 0.462 e. The first-order chi connectivity index (χ1) is 25.6. The average Bonchev–Trinajstić information content (AvgIpc) is 3.59. The van der Waals surface area contributed by atoms with Gasteiger partial charge in [-0.3, -0.25) is 14.4 Å². The van der Waals surface area contributed by atoms with Gasteiger partial charge in [0, 0.05) is 43.9 Å². The van der Waals surface area contributed by atoms with Crippen molar-refractivity contribution in [2.75, 3.05) is 0 Å². The standard InChI is InChI=1S/C22H29F3O5S.C21H30O3/c1-13(26)29-15-8-10-20(2)14(12-15)4-5-16-17-6-7-19(21(17,3)11-9-18(16)20)30-31(27,28)22(23,24)25;1-13(22)24-15-8-10-20(2)14(12-15)4-5-16-17-6-7-19(23)21(17,3)11-9-18(16)20/h4,7,15-18H,5-6,8-12H2,1-3H3;4,15-18H,5-12H2,1-3H3/t2*15-,16?,17?,18?,20-,21-/m00/s1. The number of ether oxygens (including phenoxy) is 2. The van der Waals surface area contributed by atoms with Gasteiger partial charge in [0.1, 0.15) is 23.8 Å². The van der Waals surface area contributed by atoms with Gasteiger partial charge in [0.2, 0.25) is 0 Å². The lowest BCUT2D eigenvalue weighted by Gasteiger charge is -2.57. The number of hydrogen-bond donors (Lipinski definition) is 0. The van der Waals surface area contributed by atoms with Gasteiger partial charge in [0.15, 0.2) is 0 Å². The van der Waals surface area contributed by atoms with Crippen LogP contribution in [0.25, 0.3) is 0 Å². The number of hydrogen-bond acceptors (Lipinski definition) is 8. The molecule has 0 aliphatic heterocycles. The molecule has 0 saturated heterocycles. The predicted octanol–water partition coefficient (Wildman–Crippen LogP) is 9.69. The van der Waals surface area contributed by atoms with Crippen molar-refractivity contribution in [1.29, 1.82) is 0 Å². The van der Waals surface area contributed by atoms with E-state index in [4.69, 9.17) is 9.47 Å². The van der Waals surface area contributed by atoms with E-state index in [9.17, 15) is 36.0 Å². The number of Topliss-reactive ketones (excluding diaryl/α,β-unsaturated/α-hetero) is 1. The van der Waals surface area contributed by atoms with Gasteiger partial charge in [0.25, 0.3) is 0 Å². The van der Waals surface area contributed by atoms with E-state index in [1.54, 1.807) is 6.08 Å². The molecule has 8 nitrogen and oxygen atoms in total. The van der Waals surface area contributed by atoms with Crippen LogP contribution in [0.2, 0.25) is 0 Å². The lowest BCUT2D eigenvalue weighted by Crippen LogP contribution is -2.50. The number of halogens is 3. The van der Waals surface area contributed by atoms with Crippen LogP contribution >= 0.6 is 0 Å². The summed E-state index contributed by atoms with van der Waals surface area (Å²) in [6, 6.07) is 0. The van der Waals surface area contributed by atoms with Crippen molar-refractivity contribution in [2.24, 2.45) is 57.2 Å². The van der Waals surface area contributed by atoms with Crippen molar-refractivity contribution < 1.29 is 49.6 Å². The highest BCUT2D eigenvalue weighted by molar-refractivity contribution is 7.87. The molecule has 0 aromatic heterocycles. The van der Waals surface area contributed by atoms with Gasteiger partial charge in [0.05, 0.1) is 0 Å². The van der Waals surface area contributed by atoms with Gasteiger partial charge in [-0.1, -0.05) is 51.0 Å². The molecule has 5 saturated carbocycles. The number of esters is 2. The number of rotatable bonds is 4. The zero-order valence-corrected chi connectivity index (χ0v) is 34.1. The van der Waals surface area contributed by atoms with Crippen LogP contribution in [0, 0.1) is 57.2 Å². The molecule has 5 fully saturated rings. The molecule has 0 aromatic rings. The summed E-state index contributed by atoms with van der Waals surface area (Å²) in [7, 11) is -5.67. The molecule has 0 amide bonds.